The Labute approximate surface area is 202 Å². The zero-order valence-corrected chi connectivity index (χ0v) is 20.3. The number of para-hydroxylation sites is 1. The summed E-state index contributed by atoms with van der Waals surface area (Å²) in [5.41, 5.74) is 1.29. The lowest BCUT2D eigenvalue weighted by molar-refractivity contribution is 0.327. The first-order valence-electron chi connectivity index (χ1n) is 10.0. The number of benzene rings is 1. The van der Waals surface area contributed by atoms with Gasteiger partial charge in [0.25, 0.3) is 0 Å². The third kappa shape index (κ3) is 4.54. The molecule has 3 aromatic heterocycles. The van der Waals surface area contributed by atoms with Gasteiger partial charge in [-0.25, -0.2) is 28.4 Å². The first-order valence-corrected chi connectivity index (χ1v) is 12.3. The summed E-state index contributed by atoms with van der Waals surface area (Å²) in [6.45, 7) is 2.29. The van der Waals surface area contributed by atoms with Crippen LogP contribution in [0.2, 0.25) is 5.15 Å². The summed E-state index contributed by atoms with van der Waals surface area (Å²) in [5, 5.41) is -0.155. The van der Waals surface area contributed by atoms with Crippen molar-refractivity contribution >= 4 is 38.7 Å². The third-order valence-electron chi connectivity index (χ3n) is 4.60. The van der Waals surface area contributed by atoms with E-state index in [2.05, 4.69) is 24.7 Å². The number of sulfonamides is 1. The summed E-state index contributed by atoms with van der Waals surface area (Å²) >= 11 is 6.21. The highest BCUT2D eigenvalue weighted by atomic mass is 35.5. The molecule has 4 rings (SSSR count). The van der Waals surface area contributed by atoms with Crippen molar-refractivity contribution in [2.75, 3.05) is 31.8 Å². The Bertz CT molecular complexity index is 1460. The number of pyridine rings is 1. The van der Waals surface area contributed by atoms with Crippen LogP contribution in [0.25, 0.3) is 28.5 Å². The number of halogens is 1. The fourth-order valence-electron chi connectivity index (χ4n) is 3.32. The SMILES string of the molecule is CCOc1cccc(-c2nc3nc(Cl)c(NS(C)(=O)=O)nc3n2-c2c(OC)cccc2OC)n1.[HH]. The van der Waals surface area contributed by atoms with Crippen LogP contribution in [0.1, 0.15) is 8.35 Å². The van der Waals surface area contributed by atoms with Gasteiger partial charge in [0.1, 0.15) is 22.9 Å². The molecule has 0 radical (unpaired) electrons. The van der Waals surface area contributed by atoms with Crippen molar-refractivity contribution in [1.29, 1.82) is 0 Å². The lowest BCUT2D eigenvalue weighted by Crippen LogP contribution is -2.12. The highest BCUT2D eigenvalue weighted by Gasteiger charge is 2.25. The second-order valence-electron chi connectivity index (χ2n) is 6.96. The minimum atomic E-state index is -3.67. The number of aromatic nitrogens is 5. The van der Waals surface area contributed by atoms with E-state index in [-0.39, 0.29) is 23.7 Å². The van der Waals surface area contributed by atoms with Gasteiger partial charge in [-0.2, -0.15) is 0 Å². The standard InChI is InChI=1S/C21H21ClN6O5S.H2/c1-5-33-15-11-6-8-12(23-15)20-26-19-21(25-18(17(22)24-19)27-34(4,29)30)28(20)16-13(31-2)9-7-10-14(16)32-3;/h6-11H,5H2,1-4H3,(H,25,27);1H. The van der Waals surface area contributed by atoms with Gasteiger partial charge >= 0.3 is 0 Å². The van der Waals surface area contributed by atoms with E-state index in [1.807, 2.05) is 6.92 Å². The van der Waals surface area contributed by atoms with Crippen molar-refractivity contribution < 1.29 is 24.1 Å². The minimum absolute atomic E-state index is 0. The number of hydrogen-bond donors (Lipinski definition) is 1. The van der Waals surface area contributed by atoms with Crippen LogP contribution in [0.3, 0.4) is 0 Å². The maximum atomic E-state index is 11.8. The van der Waals surface area contributed by atoms with Crippen LogP contribution >= 0.6 is 11.6 Å². The first-order chi connectivity index (χ1) is 16.3. The van der Waals surface area contributed by atoms with Gasteiger partial charge in [0.2, 0.25) is 15.9 Å². The first kappa shape index (κ1) is 23.5. The molecular formula is C21H23ClN6O5S. The molecule has 0 aliphatic rings. The zero-order valence-electron chi connectivity index (χ0n) is 18.7. The Kier molecular flexibility index (Phi) is 6.44. The van der Waals surface area contributed by atoms with Crippen LogP contribution < -0.4 is 18.9 Å². The summed E-state index contributed by atoms with van der Waals surface area (Å²) in [6, 6.07) is 10.5. The molecule has 34 heavy (non-hydrogen) atoms. The molecule has 3 heterocycles. The quantitative estimate of drug-likeness (QED) is 0.381. The lowest BCUT2D eigenvalue weighted by atomic mass is 10.2. The monoisotopic (exact) mass is 506 g/mol. The van der Waals surface area contributed by atoms with Gasteiger partial charge < -0.3 is 14.2 Å². The van der Waals surface area contributed by atoms with E-state index in [4.69, 9.17) is 25.8 Å². The van der Waals surface area contributed by atoms with Crippen molar-refractivity contribution in [3.63, 3.8) is 0 Å². The number of methoxy groups -OCH3 is 2. The van der Waals surface area contributed by atoms with Gasteiger partial charge in [0, 0.05) is 7.49 Å². The summed E-state index contributed by atoms with van der Waals surface area (Å²) in [4.78, 5) is 17.9. The van der Waals surface area contributed by atoms with Crippen molar-refractivity contribution in [1.82, 2.24) is 24.5 Å². The molecule has 0 aliphatic heterocycles. The van der Waals surface area contributed by atoms with E-state index in [0.717, 1.165) is 6.26 Å². The van der Waals surface area contributed by atoms with E-state index < -0.39 is 10.0 Å². The Morgan fingerprint density at radius 2 is 1.71 bits per heavy atom. The zero-order chi connectivity index (χ0) is 24.5. The maximum Gasteiger partial charge on any atom is 0.231 e. The second kappa shape index (κ2) is 9.31. The number of anilines is 1. The molecule has 0 atom stereocenters. The second-order valence-corrected chi connectivity index (χ2v) is 9.07. The molecule has 0 saturated heterocycles. The normalized spacial score (nSPS) is 11.4. The molecule has 0 bridgehead atoms. The molecule has 1 aromatic carbocycles. The van der Waals surface area contributed by atoms with Crippen LogP contribution in [0.5, 0.6) is 17.4 Å². The van der Waals surface area contributed by atoms with Crippen molar-refractivity contribution in [3.8, 4) is 34.6 Å². The number of imidazole rings is 1. The summed E-state index contributed by atoms with van der Waals surface area (Å²) in [5.74, 6) is 1.51. The van der Waals surface area contributed by atoms with E-state index in [1.54, 1.807) is 41.0 Å². The Hall–Kier alpha value is -3.64. The van der Waals surface area contributed by atoms with E-state index in [9.17, 15) is 8.42 Å². The van der Waals surface area contributed by atoms with Crippen LogP contribution in [-0.4, -0.2) is 60.0 Å². The number of fused-ring (bicyclic) bond motifs is 1. The van der Waals surface area contributed by atoms with Gasteiger partial charge in [0.05, 0.1) is 27.1 Å². The largest absolute Gasteiger partial charge is 0.494 e. The molecule has 13 heteroatoms. The lowest BCUT2D eigenvalue weighted by Gasteiger charge is -2.16. The van der Waals surface area contributed by atoms with Crippen LogP contribution in [-0.2, 0) is 10.0 Å². The molecule has 0 spiro atoms. The molecule has 0 fully saturated rings. The third-order valence-corrected chi connectivity index (χ3v) is 5.43. The van der Waals surface area contributed by atoms with Gasteiger partial charge in [0.15, 0.2) is 28.1 Å². The smallest absolute Gasteiger partial charge is 0.231 e. The highest BCUT2D eigenvalue weighted by Crippen LogP contribution is 2.38. The van der Waals surface area contributed by atoms with E-state index in [1.165, 1.54) is 14.2 Å². The van der Waals surface area contributed by atoms with Gasteiger partial charge in [-0.05, 0) is 25.1 Å². The molecule has 1 N–H and O–H groups in total. The molecule has 0 amide bonds. The van der Waals surface area contributed by atoms with Crippen LogP contribution in [0, 0.1) is 0 Å². The Morgan fingerprint density at radius 3 is 2.32 bits per heavy atom. The number of nitrogens with zero attached hydrogens (tertiary/aromatic N) is 5. The number of rotatable bonds is 8. The average molecular weight is 507 g/mol. The fraction of sp³-hybridized carbons (Fsp3) is 0.238. The molecule has 0 aliphatic carbocycles. The Morgan fingerprint density at radius 1 is 1.03 bits per heavy atom. The molecular weight excluding hydrogens is 484 g/mol. The molecule has 4 aromatic rings. The van der Waals surface area contributed by atoms with Crippen LogP contribution in [0.4, 0.5) is 5.82 Å². The predicted molar refractivity (Wildman–Crippen MR) is 130 cm³/mol. The van der Waals surface area contributed by atoms with E-state index >= 15 is 0 Å². The Balaban J connectivity index is 0.00000342. The molecule has 0 unspecified atom stereocenters. The van der Waals surface area contributed by atoms with Crippen molar-refractivity contribution in [2.45, 2.75) is 6.92 Å². The van der Waals surface area contributed by atoms with Crippen molar-refractivity contribution in [2.24, 2.45) is 0 Å². The summed E-state index contributed by atoms with van der Waals surface area (Å²) in [6.07, 6.45) is 0.990. The predicted octanol–water partition coefficient (Wildman–Crippen LogP) is 3.56. The number of hydrogen-bond acceptors (Lipinski definition) is 9. The highest BCUT2D eigenvalue weighted by molar-refractivity contribution is 7.92. The van der Waals surface area contributed by atoms with Crippen LogP contribution in [0.15, 0.2) is 36.4 Å². The molecule has 0 saturated carbocycles. The molecule has 180 valence electrons. The number of nitrogens with one attached hydrogen (secondary N) is 1. The van der Waals surface area contributed by atoms with Crippen molar-refractivity contribution in [3.05, 3.63) is 41.6 Å². The minimum Gasteiger partial charge on any atom is -0.494 e. The molecule has 11 nitrogen and oxygen atoms in total. The number of ether oxygens (including phenoxy) is 3. The topological polar surface area (TPSA) is 130 Å². The maximum absolute atomic E-state index is 11.8. The van der Waals surface area contributed by atoms with Gasteiger partial charge in [-0.15, -0.1) is 0 Å². The van der Waals surface area contributed by atoms with Gasteiger partial charge in [-0.1, -0.05) is 23.7 Å². The fourth-order valence-corrected chi connectivity index (χ4v) is 4.04. The van der Waals surface area contributed by atoms with Gasteiger partial charge in [-0.3, -0.25) is 9.29 Å². The average Bonchev–Trinajstić information content (AvgIpc) is 3.15. The van der Waals surface area contributed by atoms with E-state index in [0.29, 0.717) is 41.2 Å². The summed E-state index contributed by atoms with van der Waals surface area (Å²) in [7, 11) is -0.637. The summed E-state index contributed by atoms with van der Waals surface area (Å²) < 4.78 is 44.3.